The summed E-state index contributed by atoms with van der Waals surface area (Å²) >= 11 is 6.22. The maximum atomic E-state index is 13.5. The maximum absolute atomic E-state index is 13.5. The molecule has 0 heterocycles. The second-order valence-electron chi connectivity index (χ2n) is 9.51. The van der Waals surface area contributed by atoms with Crippen LogP contribution in [0.4, 0.5) is 5.69 Å². The van der Waals surface area contributed by atoms with Gasteiger partial charge in [-0.2, -0.15) is 0 Å². The van der Waals surface area contributed by atoms with E-state index in [9.17, 15) is 18.0 Å². The molecule has 10 heteroatoms. The van der Waals surface area contributed by atoms with Gasteiger partial charge in [-0.05, 0) is 56.9 Å². The summed E-state index contributed by atoms with van der Waals surface area (Å²) in [7, 11) is -2.15. The first kappa shape index (κ1) is 31.4. The molecule has 0 spiro atoms. The Morgan fingerprint density at radius 2 is 1.82 bits per heavy atom. The van der Waals surface area contributed by atoms with Crippen molar-refractivity contribution in [3.8, 4) is 5.75 Å². The van der Waals surface area contributed by atoms with E-state index in [1.165, 1.54) is 17.5 Å². The summed E-state index contributed by atoms with van der Waals surface area (Å²) in [6.45, 7) is 8.16. The van der Waals surface area contributed by atoms with Crippen molar-refractivity contribution in [3.05, 3.63) is 58.6 Å². The topological polar surface area (TPSA) is 96.0 Å². The summed E-state index contributed by atoms with van der Waals surface area (Å²) in [6, 6.07) is 11.9. The van der Waals surface area contributed by atoms with Crippen molar-refractivity contribution in [1.29, 1.82) is 0 Å². The summed E-state index contributed by atoms with van der Waals surface area (Å²) in [5.74, 6) is 0.0412. The molecule has 2 rings (SSSR count). The largest absolute Gasteiger partial charge is 0.495 e. The highest BCUT2D eigenvalue weighted by Gasteiger charge is 2.29. The quantitative estimate of drug-likeness (QED) is 0.350. The van der Waals surface area contributed by atoms with Crippen LogP contribution in [0.1, 0.15) is 57.6 Å². The zero-order valence-electron chi connectivity index (χ0n) is 23.2. The zero-order chi connectivity index (χ0) is 28.5. The third-order valence-corrected chi connectivity index (χ3v) is 7.89. The minimum atomic E-state index is -3.63. The lowest BCUT2D eigenvalue weighted by Gasteiger charge is -2.32. The van der Waals surface area contributed by atoms with Gasteiger partial charge in [0, 0.05) is 25.6 Å². The van der Waals surface area contributed by atoms with Gasteiger partial charge in [-0.1, -0.05) is 55.3 Å². The molecule has 0 aromatic heterocycles. The number of benzene rings is 2. The second kappa shape index (κ2) is 14.4. The normalized spacial score (nSPS) is 12.9. The first-order chi connectivity index (χ1) is 17.9. The van der Waals surface area contributed by atoms with Crippen molar-refractivity contribution < 1.29 is 22.7 Å². The van der Waals surface area contributed by atoms with E-state index in [0.29, 0.717) is 17.9 Å². The van der Waals surface area contributed by atoms with Gasteiger partial charge in [-0.3, -0.25) is 13.9 Å². The summed E-state index contributed by atoms with van der Waals surface area (Å²) < 4.78 is 31.5. The van der Waals surface area contributed by atoms with E-state index in [0.717, 1.165) is 23.8 Å². The molecule has 1 N–H and O–H groups in total. The fourth-order valence-electron chi connectivity index (χ4n) is 4.18. The van der Waals surface area contributed by atoms with Gasteiger partial charge in [0.1, 0.15) is 11.8 Å². The Hall–Kier alpha value is -2.78. The van der Waals surface area contributed by atoms with Crippen LogP contribution in [0.3, 0.4) is 0 Å². The lowest BCUT2D eigenvalue weighted by molar-refractivity contribution is -0.141. The van der Waals surface area contributed by atoms with Crippen molar-refractivity contribution in [2.75, 3.05) is 24.2 Å². The standard InChI is InChI=1S/C28H40ClN3O5S/c1-7-21(4)30-28(34)25(8-2)31(19-22-12-9-11-20(3)17-22)27(33)13-10-16-32(38(6,35)36)23-14-15-26(37-5)24(29)18-23/h9,11-12,14-15,17-18,21,25H,7-8,10,13,16,19H2,1-6H3,(H,30,34)/t21-,25+/m0/s1. The minimum absolute atomic E-state index is 0.00730. The van der Waals surface area contributed by atoms with Crippen LogP contribution in [0, 0.1) is 6.92 Å². The van der Waals surface area contributed by atoms with Crippen LogP contribution in [0.5, 0.6) is 5.75 Å². The Labute approximate surface area is 232 Å². The summed E-state index contributed by atoms with van der Waals surface area (Å²) in [5.41, 5.74) is 2.38. The number of sulfonamides is 1. The third kappa shape index (κ3) is 8.91. The molecule has 0 radical (unpaired) electrons. The average molecular weight is 566 g/mol. The Bertz CT molecular complexity index is 1200. The van der Waals surface area contributed by atoms with Crippen LogP contribution in [0.15, 0.2) is 42.5 Å². The highest BCUT2D eigenvalue weighted by Crippen LogP contribution is 2.30. The predicted octanol–water partition coefficient (Wildman–Crippen LogP) is 4.93. The number of methoxy groups -OCH3 is 1. The summed E-state index contributed by atoms with van der Waals surface area (Å²) in [4.78, 5) is 28.3. The van der Waals surface area contributed by atoms with Crippen molar-refractivity contribution >= 4 is 39.1 Å². The molecule has 0 saturated carbocycles. The first-order valence-corrected chi connectivity index (χ1v) is 15.1. The minimum Gasteiger partial charge on any atom is -0.495 e. The highest BCUT2D eigenvalue weighted by atomic mass is 35.5. The van der Waals surface area contributed by atoms with Crippen molar-refractivity contribution in [3.63, 3.8) is 0 Å². The molecule has 38 heavy (non-hydrogen) atoms. The van der Waals surface area contributed by atoms with E-state index in [1.54, 1.807) is 17.0 Å². The third-order valence-electron chi connectivity index (χ3n) is 6.40. The van der Waals surface area contributed by atoms with Crippen molar-refractivity contribution in [2.45, 2.75) is 72.0 Å². The molecule has 0 bridgehead atoms. The van der Waals surface area contributed by atoms with Gasteiger partial charge in [0.05, 0.1) is 24.1 Å². The monoisotopic (exact) mass is 565 g/mol. The van der Waals surface area contributed by atoms with E-state index in [4.69, 9.17) is 16.3 Å². The molecule has 0 saturated heterocycles. The molecular formula is C28H40ClN3O5S. The number of anilines is 1. The molecule has 0 aliphatic rings. The molecule has 0 aliphatic heterocycles. The smallest absolute Gasteiger partial charge is 0.243 e. The molecule has 0 unspecified atom stereocenters. The van der Waals surface area contributed by atoms with Crippen LogP contribution >= 0.6 is 11.6 Å². The Kier molecular flexibility index (Phi) is 11.9. The van der Waals surface area contributed by atoms with Gasteiger partial charge >= 0.3 is 0 Å². The fraction of sp³-hybridized carbons (Fsp3) is 0.500. The molecule has 2 aromatic rings. The van der Waals surface area contributed by atoms with E-state index >= 15 is 0 Å². The molecule has 2 aromatic carbocycles. The average Bonchev–Trinajstić information content (AvgIpc) is 2.85. The number of ether oxygens (including phenoxy) is 1. The Morgan fingerprint density at radius 1 is 1.11 bits per heavy atom. The summed E-state index contributed by atoms with van der Waals surface area (Å²) in [5, 5.41) is 3.29. The number of carbonyl (C=O) groups excluding carboxylic acids is 2. The molecule has 210 valence electrons. The van der Waals surface area contributed by atoms with Gasteiger partial charge in [0.15, 0.2) is 0 Å². The van der Waals surface area contributed by atoms with E-state index in [1.807, 2.05) is 52.0 Å². The zero-order valence-corrected chi connectivity index (χ0v) is 24.7. The molecule has 8 nitrogen and oxygen atoms in total. The van der Waals surface area contributed by atoms with Gasteiger partial charge < -0.3 is 15.0 Å². The van der Waals surface area contributed by atoms with Crippen LogP contribution in [-0.4, -0.2) is 57.1 Å². The number of nitrogens with one attached hydrogen (secondary N) is 1. The summed E-state index contributed by atoms with van der Waals surface area (Å²) in [6.07, 6.45) is 2.70. The Balaban J connectivity index is 2.25. The number of carbonyl (C=O) groups is 2. The van der Waals surface area contributed by atoms with Crippen LogP contribution in [0.2, 0.25) is 5.02 Å². The fourth-order valence-corrected chi connectivity index (χ4v) is 5.39. The second-order valence-corrected chi connectivity index (χ2v) is 11.8. The molecule has 2 amide bonds. The van der Waals surface area contributed by atoms with E-state index < -0.39 is 16.1 Å². The number of rotatable bonds is 14. The number of hydrogen-bond acceptors (Lipinski definition) is 5. The van der Waals surface area contributed by atoms with Crippen molar-refractivity contribution in [2.24, 2.45) is 0 Å². The number of aryl methyl sites for hydroxylation is 1. The van der Waals surface area contributed by atoms with Crippen LogP contribution < -0.4 is 14.4 Å². The van der Waals surface area contributed by atoms with Gasteiger partial charge in [0.2, 0.25) is 21.8 Å². The molecule has 0 aliphatic carbocycles. The SMILES string of the molecule is CC[C@H](C(=O)N[C@@H](C)CC)N(Cc1cccc(C)c1)C(=O)CCCN(c1ccc(OC)c(Cl)c1)S(C)(=O)=O. The van der Waals surface area contributed by atoms with E-state index in [-0.39, 0.29) is 48.8 Å². The van der Waals surface area contributed by atoms with E-state index in [2.05, 4.69) is 5.32 Å². The molecular weight excluding hydrogens is 526 g/mol. The maximum Gasteiger partial charge on any atom is 0.243 e. The number of halogens is 1. The van der Waals surface area contributed by atoms with Crippen LogP contribution in [-0.2, 0) is 26.2 Å². The molecule has 0 fully saturated rings. The van der Waals surface area contributed by atoms with Gasteiger partial charge in [-0.15, -0.1) is 0 Å². The highest BCUT2D eigenvalue weighted by molar-refractivity contribution is 7.92. The lowest BCUT2D eigenvalue weighted by Crippen LogP contribution is -2.50. The number of hydrogen-bond donors (Lipinski definition) is 1. The molecule has 2 atom stereocenters. The van der Waals surface area contributed by atoms with Gasteiger partial charge in [0.25, 0.3) is 0 Å². The predicted molar refractivity (Wildman–Crippen MR) is 153 cm³/mol. The van der Waals surface area contributed by atoms with Gasteiger partial charge in [-0.25, -0.2) is 8.42 Å². The first-order valence-electron chi connectivity index (χ1n) is 12.9. The lowest BCUT2D eigenvalue weighted by atomic mass is 10.1. The van der Waals surface area contributed by atoms with Crippen LogP contribution in [0.25, 0.3) is 0 Å². The van der Waals surface area contributed by atoms with Crippen molar-refractivity contribution in [1.82, 2.24) is 10.2 Å². The number of nitrogens with zero attached hydrogens (tertiary/aromatic N) is 2. The number of amides is 2. The Morgan fingerprint density at radius 3 is 2.37 bits per heavy atom.